The van der Waals surface area contributed by atoms with Gasteiger partial charge in [0.15, 0.2) is 0 Å². The number of nitrogens with one attached hydrogen (secondary N) is 1. The molecule has 0 saturated heterocycles. The van der Waals surface area contributed by atoms with Crippen molar-refractivity contribution in [3.63, 3.8) is 0 Å². The van der Waals surface area contributed by atoms with Crippen molar-refractivity contribution in [1.29, 1.82) is 0 Å². The molecule has 2 heterocycles. The van der Waals surface area contributed by atoms with Crippen LogP contribution in [-0.2, 0) is 0 Å². The molecule has 3 aromatic rings. The number of hydrogen-bond acceptors (Lipinski definition) is 6. The zero-order chi connectivity index (χ0) is 15.0. The molecule has 0 bridgehead atoms. The molecule has 3 rings (SSSR count). The van der Waals surface area contributed by atoms with Crippen LogP contribution < -0.4 is 5.32 Å². The van der Waals surface area contributed by atoms with Crippen molar-refractivity contribution in [3.8, 4) is 11.1 Å². The molecule has 8 heteroatoms. The van der Waals surface area contributed by atoms with Crippen molar-refractivity contribution in [3.05, 3.63) is 44.9 Å². The molecule has 0 aliphatic heterocycles. The van der Waals surface area contributed by atoms with Crippen molar-refractivity contribution in [2.45, 2.75) is 0 Å². The first-order chi connectivity index (χ1) is 10.1. The summed E-state index contributed by atoms with van der Waals surface area (Å²) >= 11 is 7.64. The van der Waals surface area contributed by atoms with Crippen LogP contribution in [0, 0.1) is 10.1 Å². The Labute approximate surface area is 128 Å². The first-order valence-electron chi connectivity index (χ1n) is 5.97. The van der Waals surface area contributed by atoms with Gasteiger partial charge in [-0.1, -0.05) is 23.7 Å². The lowest BCUT2D eigenvalue weighted by molar-refractivity contribution is -0.384. The average Bonchev–Trinajstić information content (AvgIpc) is 2.91. The summed E-state index contributed by atoms with van der Waals surface area (Å²) in [6.07, 6.45) is 0. The molecule has 0 atom stereocenters. The van der Waals surface area contributed by atoms with Gasteiger partial charge in [-0.2, -0.15) is 0 Å². The summed E-state index contributed by atoms with van der Waals surface area (Å²) in [4.78, 5) is 19.7. The summed E-state index contributed by atoms with van der Waals surface area (Å²) in [5, 5.41) is 16.6. The van der Waals surface area contributed by atoms with E-state index >= 15 is 0 Å². The van der Waals surface area contributed by atoms with E-state index < -0.39 is 4.92 Å². The number of fused-ring (bicyclic) bond motifs is 1. The van der Waals surface area contributed by atoms with E-state index in [1.807, 2.05) is 5.38 Å². The van der Waals surface area contributed by atoms with Gasteiger partial charge in [0.25, 0.3) is 5.69 Å². The Kier molecular flexibility index (Phi) is 3.44. The normalized spacial score (nSPS) is 10.8. The van der Waals surface area contributed by atoms with Gasteiger partial charge >= 0.3 is 0 Å². The van der Waals surface area contributed by atoms with Crippen molar-refractivity contribution in [2.75, 3.05) is 12.4 Å². The Morgan fingerprint density at radius 2 is 2.19 bits per heavy atom. The minimum atomic E-state index is -0.421. The van der Waals surface area contributed by atoms with Gasteiger partial charge in [-0.15, -0.1) is 11.3 Å². The zero-order valence-corrected chi connectivity index (χ0v) is 12.4. The number of nitrogens with zero attached hydrogens (tertiary/aromatic N) is 3. The molecule has 0 unspecified atom stereocenters. The van der Waals surface area contributed by atoms with Crippen LogP contribution in [-0.4, -0.2) is 21.9 Å². The standard InChI is InChI=1S/C13H9ClN4O2S/c1-15-13-16-11(14)10-9(6-21-12(10)17-13)7-3-2-4-8(5-7)18(19)20/h2-6H,1H3,(H,15,16,17). The molecule has 0 amide bonds. The predicted molar refractivity (Wildman–Crippen MR) is 84.1 cm³/mol. The van der Waals surface area contributed by atoms with Gasteiger partial charge in [-0.25, -0.2) is 9.97 Å². The first-order valence-corrected chi connectivity index (χ1v) is 7.23. The van der Waals surface area contributed by atoms with Crippen LogP contribution in [0.25, 0.3) is 21.3 Å². The van der Waals surface area contributed by atoms with Gasteiger partial charge in [0.05, 0.1) is 10.3 Å². The largest absolute Gasteiger partial charge is 0.357 e. The second-order valence-corrected chi connectivity index (χ2v) is 5.44. The monoisotopic (exact) mass is 320 g/mol. The molecular weight excluding hydrogens is 312 g/mol. The van der Waals surface area contributed by atoms with Crippen LogP contribution >= 0.6 is 22.9 Å². The predicted octanol–water partition coefficient (Wildman–Crippen LogP) is 3.96. The van der Waals surface area contributed by atoms with Gasteiger partial charge in [0, 0.05) is 30.1 Å². The van der Waals surface area contributed by atoms with Crippen LogP contribution in [0.15, 0.2) is 29.6 Å². The van der Waals surface area contributed by atoms with Crippen molar-refractivity contribution < 1.29 is 4.92 Å². The number of hydrogen-bond donors (Lipinski definition) is 1. The number of nitro groups is 1. The molecular formula is C13H9ClN4O2S. The second kappa shape index (κ2) is 5.27. The van der Waals surface area contributed by atoms with E-state index in [9.17, 15) is 10.1 Å². The summed E-state index contributed by atoms with van der Waals surface area (Å²) < 4.78 is 0. The van der Waals surface area contributed by atoms with Gasteiger partial charge in [-0.3, -0.25) is 10.1 Å². The van der Waals surface area contributed by atoms with E-state index in [-0.39, 0.29) is 5.69 Å². The molecule has 0 aliphatic carbocycles. The lowest BCUT2D eigenvalue weighted by Crippen LogP contribution is -1.96. The molecule has 0 aliphatic rings. The van der Waals surface area contributed by atoms with E-state index in [0.29, 0.717) is 16.5 Å². The van der Waals surface area contributed by atoms with E-state index in [1.54, 1.807) is 19.2 Å². The van der Waals surface area contributed by atoms with Crippen LogP contribution in [0.4, 0.5) is 11.6 Å². The van der Waals surface area contributed by atoms with Crippen LogP contribution in [0.5, 0.6) is 0 Å². The highest BCUT2D eigenvalue weighted by atomic mass is 35.5. The number of anilines is 1. The number of nitro benzene ring substituents is 1. The summed E-state index contributed by atoms with van der Waals surface area (Å²) in [7, 11) is 1.71. The molecule has 1 N–H and O–H groups in total. The van der Waals surface area contributed by atoms with Gasteiger partial charge in [0.1, 0.15) is 9.98 Å². The molecule has 0 radical (unpaired) electrons. The van der Waals surface area contributed by atoms with E-state index in [4.69, 9.17) is 11.6 Å². The average molecular weight is 321 g/mol. The van der Waals surface area contributed by atoms with Gasteiger partial charge in [0.2, 0.25) is 5.95 Å². The maximum atomic E-state index is 10.9. The number of thiophene rings is 1. The van der Waals surface area contributed by atoms with Crippen molar-refractivity contribution in [2.24, 2.45) is 0 Å². The second-order valence-electron chi connectivity index (χ2n) is 4.22. The van der Waals surface area contributed by atoms with Gasteiger partial charge in [-0.05, 0) is 5.56 Å². The van der Waals surface area contributed by atoms with Crippen LogP contribution in [0.1, 0.15) is 0 Å². The number of halogens is 1. The lowest BCUT2D eigenvalue weighted by atomic mass is 10.1. The summed E-state index contributed by atoms with van der Waals surface area (Å²) in [6, 6.07) is 6.42. The fourth-order valence-corrected chi connectivity index (χ4v) is 3.29. The van der Waals surface area contributed by atoms with E-state index in [2.05, 4.69) is 15.3 Å². The van der Waals surface area contributed by atoms with Gasteiger partial charge < -0.3 is 5.32 Å². The Morgan fingerprint density at radius 1 is 1.38 bits per heavy atom. The Balaban J connectivity index is 2.21. The Bertz CT molecular complexity index is 849. The van der Waals surface area contributed by atoms with Crippen molar-refractivity contribution >= 4 is 44.8 Å². The highest BCUT2D eigenvalue weighted by Crippen LogP contribution is 2.38. The van der Waals surface area contributed by atoms with E-state index in [0.717, 1.165) is 16.0 Å². The molecule has 0 spiro atoms. The molecule has 106 valence electrons. The first kappa shape index (κ1) is 13.7. The highest BCUT2D eigenvalue weighted by Gasteiger charge is 2.15. The maximum absolute atomic E-state index is 10.9. The Morgan fingerprint density at radius 3 is 2.90 bits per heavy atom. The number of rotatable bonds is 3. The minimum absolute atomic E-state index is 0.0377. The molecule has 1 aromatic carbocycles. The topological polar surface area (TPSA) is 81.0 Å². The summed E-state index contributed by atoms with van der Waals surface area (Å²) in [5.41, 5.74) is 1.56. The fourth-order valence-electron chi connectivity index (χ4n) is 2.01. The number of aromatic nitrogens is 2. The zero-order valence-electron chi connectivity index (χ0n) is 10.8. The molecule has 6 nitrogen and oxygen atoms in total. The molecule has 2 aromatic heterocycles. The Hall–Kier alpha value is -2.25. The SMILES string of the molecule is CNc1nc(Cl)c2c(-c3cccc([N+](=O)[O-])c3)csc2n1. The lowest BCUT2D eigenvalue weighted by Gasteiger charge is -2.03. The molecule has 0 saturated carbocycles. The molecule has 0 fully saturated rings. The third-order valence-corrected chi connectivity index (χ3v) is 4.13. The maximum Gasteiger partial charge on any atom is 0.270 e. The van der Waals surface area contributed by atoms with E-state index in [1.165, 1.54) is 23.5 Å². The third-order valence-electron chi connectivity index (χ3n) is 2.98. The summed E-state index contributed by atoms with van der Waals surface area (Å²) in [5.74, 6) is 0.444. The highest BCUT2D eigenvalue weighted by molar-refractivity contribution is 7.17. The fraction of sp³-hybridized carbons (Fsp3) is 0.0769. The van der Waals surface area contributed by atoms with Crippen LogP contribution in [0.3, 0.4) is 0 Å². The van der Waals surface area contributed by atoms with Crippen molar-refractivity contribution in [1.82, 2.24) is 9.97 Å². The third kappa shape index (κ3) is 2.41. The minimum Gasteiger partial charge on any atom is -0.357 e. The molecule has 21 heavy (non-hydrogen) atoms. The smallest absolute Gasteiger partial charge is 0.270 e. The number of non-ortho nitro benzene ring substituents is 1. The van der Waals surface area contributed by atoms with Crippen LogP contribution in [0.2, 0.25) is 5.15 Å². The number of benzene rings is 1. The quantitative estimate of drug-likeness (QED) is 0.449. The summed E-state index contributed by atoms with van der Waals surface area (Å²) in [6.45, 7) is 0.